The van der Waals surface area contributed by atoms with Gasteiger partial charge in [-0.25, -0.2) is 4.98 Å². The number of aromatic nitrogens is 2. The molecule has 2 aromatic heterocycles. The quantitative estimate of drug-likeness (QED) is 0.653. The fraction of sp³-hybridized carbons (Fsp3) is 0.348. The number of hydrogen-bond donors (Lipinski definition) is 2. The van der Waals surface area contributed by atoms with Gasteiger partial charge in [0.2, 0.25) is 0 Å². The summed E-state index contributed by atoms with van der Waals surface area (Å²) in [6, 6.07) is 10.3. The van der Waals surface area contributed by atoms with Gasteiger partial charge in [-0.1, -0.05) is 19.1 Å². The third kappa shape index (κ3) is 3.48. The van der Waals surface area contributed by atoms with E-state index in [1.165, 1.54) is 11.1 Å². The third-order valence-corrected chi connectivity index (χ3v) is 6.42. The maximum atomic E-state index is 10.4. The maximum absolute atomic E-state index is 10.4. The number of nitrogens with one attached hydrogen (secondary N) is 1. The van der Waals surface area contributed by atoms with Crippen molar-refractivity contribution in [2.75, 3.05) is 20.2 Å². The fourth-order valence-electron chi connectivity index (χ4n) is 4.76. The molecular formula is C23H26BN3O3. The summed E-state index contributed by atoms with van der Waals surface area (Å²) in [5.74, 6) is 4.25. The lowest BCUT2D eigenvalue weighted by molar-refractivity contribution is 0.151. The zero-order chi connectivity index (χ0) is 20.7. The number of rotatable bonds is 4. The van der Waals surface area contributed by atoms with E-state index >= 15 is 0 Å². The smallest absolute Gasteiger partial charge is 0.531 e. The first-order chi connectivity index (χ1) is 14.6. The third-order valence-electron chi connectivity index (χ3n) is 6.42. The first-order valence-electron chi connectivity index (χ1n) is 10.5. The van der Waals surface area contributed by atoms with Gasteiger partial charge in [0, 0.05) is 30.2 Å². The molecule has 2 atom stereocenters. The maximum Gasteiger partial charge on any atom is 0.552 e. The lowest BCUT2D eigenvalue weighted by Gasteiger charge is -2.40. The SMILES string of the molecule is COc1ccc(CN2CC[C@@H](C)C(C3=CB(O)Oc4cnc5[nH]ccc5c43)C2)cc1. The number of hydrogen-bond acceptors (Lipinski definition) is 5. The van der Waals surface area contributed by atoms with Crippen LogP contribution >= 0.6 is 0 Å². The van der Waals surface area contributed by atoms with Crippen LogP contribution in [-0.4, -0.2) is 47.2 Å². The van der Waals surface area contributed by atoms with E-state index in [1.807, 2.05) is 30.4 Å². The molecule has 4 heterocycles. The molecule has 0 radical (unpaired) electrons. The number of benzene rings is 1. The van der Waals surface area contributed by atoms with E-state index in [1.54, 1.807) is 13.3 Å². The Kier molecular flexibility index (Phi) is 5.01. The van der Waals surface area contributed by atoms with E-state index < -0.39 is 7.12 Å². The van der Waals surface area contributed by atoms with Crippen LogP contribution in [0.15, 0.2) is 48.7 Å². The highest BCUT2D eigenvalue weighted by atomic mass is 16.5. The predicted octanol–water partition coefficient (Wildman–Crippen LogP) is 3.53. The van der Waals surface area contributed by atoms with Gasteiger partial charge in [0.05, 0.1) is 13.3 Å². The van der Waals surface area contributed by atoms with E-state index in [9.17, 15) is 5.02 Å². The first-order valence-corrected chi connectivity index (χ1v) is 10.5. The lowest BCUT2D eigenvalue weighted by Crippen LogP contribution is -2.40. The average Bonchev–Trinajstić information content (AvgIpc) is 3.24. The summed E-state index contributed by atoms with van der Waals surface area (Å²) in [5.41, 5.74) is 4.36. The van der Waals surface area contributed by atoms with Crippen molar-refractivity contribution in [1.82, 2.24) is 14.9 Å². The van der Waals surface area contributed by atoms with Crippen molar-refractivity contribution in [3.63, 3.8) is 0 Å². The van der Waals surface area contributed by atoms with Crippen molar-refractivity contribution >= 4 is 23.7 Å². The highest BCUT2D eigenvalue weighted by Gasteiger charge is 2.35. The van der Waals surface area contributed by atoms with Crippen LogP contribution in [0.3, 0.4) is 0 Å². The van der Waals surface area contributed by atoms with Crippen LogP contribution in [0.25, 0.3) is 16.6 Å². The van der Waals surface area contributed by atoms with Gasteiger partial charge in [-0.05, 0) is 60.1 Å². The zero-order valence-electron chi connectivity index (χ0n) is 17.3. The molecule has 6 nitrogen and oxygen atoms in total. The molecule has 1 aromatic carbocycles. The molecule has 1 unspecified atom stereocenters. The molecule has 2 N–H and O–H groups in total. The minimum absolute atomic E-state index is 0.315. The van der Waals surface area contributed by atoms with Gasteiger partial charge < -0.3 is 19.4 Å². The molecular weight excluding hydrogens is 377 g/mol. The largest absolute Gasteiger partial charge is 0.552 e. The van der Waals surface area contributed by atoms with Crippen molar-refractivity contribution in [2.45, 2.75) is 19.9 Å². The van der Waals surface area contributed by atoms with Gasteiger partial charge in [-0.15, -0.1) is 0 Å². The molecule has 3 aromatic rings. The Labute approximate surface area is 176 Å². The van der Waals surface area contributed by atoms with Crippen LogP contribution in [-0.2, 0) is 6.54 Å². The van der Waals surface area contributed by atoms with Crippen LogP contribution < -0.4 is 9.39 Å². The molecule has 1 fully saturated rings. The molecule has 0 bridgehead atoms. The predicted molar refractivity (Wildman–Crippen MR) is 118 cm³/mol. The van der Waals surface area contributed by atoms with Crippen molar-refractivity contribution in [3.05, 3.63) is 59.8 Å². The molecule has 0 spiro atoms. The number of methoxy groups -OCH3 is 1. The summed E-state index contributed by atoms with van der Waals surface area (Å²) >= 11 is 0. The summed E-state index contributed by atoms with van der Waals surface area (Å²) < 4.78 is 11.0. The molecule has 2 aliphatic rings. The molecule has 2 aliphatic heterocycles. The van der Waals surface area contributed by atoms with Gasteiger partial charge in [0.15, 0.2) is 0 Å². The monoisotopic (exact) mass is 403 g/mol. The van der Waals surface area contributed by atoms with E-state index in [0.717, 1.165) is 48.4 Å². The highest BCUT2D eigenvalue weighted by Crippen LogP contribution is 2.43. The van der Waals surface area contributed by atoms with Crippen molar-refractivity contribution in [2.24, 2.45) is 11.8 Å². The molecule has 30 heavy (non-hydrogen) atoms. The number of nitrogens with zero attached hydrogens (tertiary/aromatic N) is 2. The summed E-state index contributed by atoms with van der Waals surface area (Å²) in [6.07, 6.45) is 4.74. The van der Waals surface area contributed by atoms with Crippen LogP contribution in [0, 0.1) is 11.8 Å². The number of likely N-dealkylation sites (tertiary alicyclic amines) is 1. The van der Waals surface area contributed by atoms with Gasteiger partial charge in [-0.2, -0.15) is 0 Å². The van der Waals surface area contributed by atoms with Crippen LogP contribution in [0.5, 0.6) is 11.5 Å². The van der Waals surface area contributed by atoms with E-state index in [-0.39, 0.29) is 0 Å². The topological polar surface area (TPSA) is 70.6 Å². The van der Waals surface area contributed by atoms with Gasteiger partial charge in [-0.3, -0.25) is 4.90 Å². The zero-order valence-corrected chi connectivity index (χ0v) is 17.3. The molecule has 7 heteroatoms. The van der Waals surface area contributed by atoms with Gasteiger partial charge >= 0.3 is 7.12 Å². The Hall–Kier alpha value is -2.77. The van der Waals surface area contributed by atoms with E-state index in [4.69, 9.17) is 9.39 Å². The summed E-state index contributed by atoms with van der Waals surface area (Å²) in [4.78, 5) is 10.1. The molecule has 154 valence electrons. The number of ether oxygens (including phenoxy) is 1. The standard InChI is InChI=1S/C23H26BN3O3/c1-15-8-10-27(13-16-3-5-17(29-2)6-4-16)14-20(15)19-11-24(28)30-21-12-26-23-18(22(19)21)7-9-25-23/h3-7,9,11-12,15,20,28H,8,10,13-14H2,1-2H3,(H,25,26)/t15-,20?/m1/s1. The minimum atomic E-state index is -0.935. The second-order valence-corrected chi connectivity index (χ2v) is 8.32. The first kappa shape index (κ1) is 19.2. The summed E-state index contributed by atoms with van der Waals surface area (Å²) in [5, 5.41) is 11.4. The Balaban J connectivity index is 1.44. The second-order valence-electron chi connectivity index (χ2n) is 8.32. The Morgan fingerprint density at radius 2 is 2.13 bits per heavy atom. The fourth-order valence-corrected chi connectivity index (χ4v) is 4.76. The Morgan fingerprint density at radius 3 is 2.93 bits per heavy atom. The average molecular weight is 403 g/mol. The molecule has 0 saturated carbocycles. The molecule has 5 rings (SSSR count). The summed E-state index contributed by atoms with van der Waals surface area (Å²) in [6.45, 7) is 5.23. The Morgan fingerprint density at radius 1 is 1.30 bits per heavy atom. The number of aromatic amines is 1. The number of piperidine rings is 1. The van der Waals surface area contributed by atoms with Crippen LogP contribution in [0.1, 0.15) is 24.5 Å². The van der Waals surface area contributed by atoms with Crippen LogP contribution in [0.2, 0.25) is 0 Å². The van der Waals surface area contributed by atoms with Crippen molar-refractivity contribution in [3.8, 4) is 11.5 Å². The van der Waals surface area contributed by atoms with Gasteiger partial charge in [0.1, 0.15) is 17.1 Å². The van der Waals surface area contributed by atoms with E-state index in [0.29, 0.717) is 17.6 Å². The lowest BCUT2D eigenvalue weighted by atomic mass is 9.72. The van der Waals surface area contributed by atoms with Crippen molar-refractivity contribution < 1.29 is 14.4 Å². The Bertz CT molecular complexity index is 1080. The summed E-state index contributed by atoms with van der Waals surface area (Å²) in [7, 11) is 0.756. The van der Waals surface area contributed by atoms with Crippen LogP contribution in [0.4, 0.5) is 0 Å². The van der Waals surface area contributed by atoms with E-state index in [2.05, 4.69) is 33.9 Å². The number of pyridine rings is 1. The molecule has 0 amide bonds. The molecule has 0 aliphatic carbocycles. The second kappa shape index (κ2) is 7.82. The van der Waals surface area contributed by atoms with Crippen molar-refractivity contribution in [1.29, 1.82) is 0 Å². The molecule has 1 saturated heterocycles. The number of fused-ring (bicyclic) bond motifs is 3. The highest BCUT2D eigenvalue weighted by molar-refractivity contribution is 6.52. The van der Waals surface area contributed by atoms with Gasteiger partial charge in [0.25, 0.3) is 0 Å². The normalized spacial score (nSPS) is 21.8. The number of H-pyrrole nitrogens is 1. The minimum Gasteiger partial charge on any atom is -0.531 e.